The summed E-state index contributed by atoms with van der Waals surface area (Å²) in [5.41, 5.74) is 10.8. The van der Waals surface area contributed by atoms with Crippen LogP contribution in [0.1, 0.15) is 16.1 Å². The van der Waals surface area contributed by atoms with Gasteiger partial charge in [0.15, 0.2) is 5.78 Å². The summed E-state index contributed by atoms with van der Waals surface area (Å²) in [6.07, 6.45) is 0. The summed E-state index contributed by atoms with van der Waals surface area (Å²) in [4.78, 5) is 14.6. The third-order valence-electron chi connectivity index (χ3n) is 2.96. The Kier molecular flexibility index (Phi) is 2.85. The molecule has 0 fully saturated rings. The highest BCUT2D eigenvalue weighted by Crippen LogP contribution is 2.25. The largest absolute Gasteiger partial charge is 0.347 e. The quantitative estimate of drug-likeness (QED) is 0.344. The molecule has 0 spiro atoms. The lowest BCUT2D eigenvalue weighted by molar-refractivity contribution is 0.100. The second-order valence-corrected chi connectivity index (χ2v) is 3.85. The number of carbonyl (C=O) groups is 1. The van der Waals surface area contributed by atoms with E-state index in [1.807, 2.05) is 42.8 Å². The van der Waals surface area contributed by atoms with E-state index in [2.05, 4.69) is 10.0 Å². The first-order valence-electron chi connectivity index (χ1n) is 5.25. The van der Waals surface area contributed by atoms with E-state index in [0.29, 0.717) is 5.56 Å². The van der Waals surface area contributed by atoms with E-state index in [4.69, 9.17) is 5.53 Å². The molecule has 0 atom stereocenters. The van der Waals surface area contributed by atoms with Gasteiger partial charge in [-0.3, -0.25) is 4.79 Å². The van der Waals surface area contributed by atoms with Gasteiger partial charge in [-0.1, -0.05) is 23.3 Å². The maximum atomic E-state index is 12.0. The number of rotatable bonds is 3. The van der Waals surface area contributed by atoms with E-state index in [-0.39, 0.29) is 12.3 Å². The van der Waals surface area contributed by atoms with E-state index < -0.39 is 0 Å². The van der Waals surface area contributed by atoms with Gasteiger partial charge in [-0.05, 0) is 18.5 Å². The fraction of sp³-hybridized carbons (Fsp3) is 0.250. The molecule has 2 aromatic rings. The van der Waals surface area contributed by atoms with Gasteiger partial charge in [0.05, 0.1) is 6.54 Å². The SMILES string of the molecule is Cc1c(C(=O)CN=[N+]=[N-])c2ccccc2n1C. The van der Waals surface area contributed by atoms with Gasteiger partial charge in [0.1, 0.15) is 0 Å². The molecular weight excluding hydrogens is 216 g/mol. The first-order valence-corrected chi connectivity index (χ1v) is 5.25. The molecule has 0 unspecified atom stereocenters. The molecule has 0 aliphatic rings. The zero-order valence-corrected chi connectivity index (χ0v) is 9.71. The van der Waals surface area contributed by atoms with Crippen molar-refractivity contribution in [2.24, 2.45) is 12.2 Å². The van der Waals surface area contributed by atoms with E-state index in [1.165, 1.54) is 0 Å². The average molecular weight is 228 g/mol. The van der Waals surface area contributed by atoms with Crippen molar-refractivity contribution in [1.29, 1.82) is 0 Å². The van der Waals surface area contributed by atoms with Crippen LogP contribution in [0.15, 0.2) is 29.4 Å². The Balaban J connectivity index is 2.64. The van der Waals surface area contributed by atoms with Gasteiger partial charge in [-0.25, -0.2) is 0 Å². The highest BCUT2D eigenvalue weighted by Gasteiger charge is 2.16. The topological polar surface area (TPSA) is 70.8 Å². The van der Waals surface area contributed by atoms with Crippen LogP contribution in [0.2, 0.25) is 0 Å². The number of azide groups is 1. The lowest BCUT2D eigenvalue weighted by Crippen LogP contribution is -2.04. The lowest BCUT2D eigenvalue weighted by Gasteiger charge is -1.99. The van der Waals surface area contributed by atoms with Gasteiger partial charge >= 0.3 is 0 Å². The molecule has 86 valence electrons. The number of aromatic nitrogens is 1. The summed E-state index contributed by atoms with van der Waals surface area (Å²) < 4.78 is 1.97. The molecule has 0 N–H and O–H groups in total. The van der Waals surface area contributed by atoms with Crippen molar-refractivity contribution >= 4 is 16.7 Å². The predicted octanol–water partition coefficient (Wildman–Crippen LogP) is 2.98. The molecule has 2 rings (SSSR count). The number of aryl methyl sites for hydroxylation is 1. The van der Waals surface area contributed by atoms with Crippen molar-refractivity contribution in [2.45, 2.75) is 6.92 Å². The predicted molar refractivity (Wildman–Crippen MR) is 66.0 cm³/mol. The Morgan fingerprint density at radius 2 is 2.18 bits per heavy atom. The van der Waals surface area contributed by atoms with Crippen molar-refractivity contribution in [3.63, 3.8) is 0 Å². The number of para-hydroxylation sites is 1. The van der Waals surface area contributed by atoms with Crippen LogP contribution < -0.4 is 0 Å². The molecule has 17 heavy (non-hydrogen) atoms. The second kappa shape index (κ2) is 4.31. The monoisotopic (exact) mass is 228 g/mol. The molecule has 0 radical (unpaired) electrons. The van der Waals surface area contributed by atoms with Gasteiger partial charge < -0.3 is 4.57 Å². The van der Waals surface area contributed by atoms with Crippen LogP contribution in [-0.4, -0.2) is 16.9 Å². The molecule has 5 nitrogen and oxygen atoms in total. The Morgan fingerprint density at radius 1 is 1.47 bits per heavy atom. The van der Waals surface area contributed by atoms with E-state index >= 15 is 0 Å². The summed E-state index contributed by atoms with van der Waals surface area (Å²) >= 11 is 0. The van der Waals surface area contributed by atoms with E-state index in [9.17, 15) is 4.79 Å². The smallest absolute Gasteiger partial charge is 0.171 e. The fourth-order valence-corrected chi connectivity index (χ4v) is 2.05. The van der Waals surface area contributed by atoms with Gasteiger partial charge in [-0.15, -0.1) is 0 Å². The van der Waals surface area contributed by atoms with Crippen molar-refractivity contribution in [3.8, 4) is 0 Å². The first kappa shape index (κ1) is 11.2. The average Bonchev–Trinajstić information content (AvgIpc) is 2.60. The molecule has 0 aliphatic carbocycles. The summed E-state index contributed by atoms with van der Waals surface area (Å²) in [7, 11) is 1.92. The minimum absolute atomic E-state index is 0.134. The van der Waals surface area contributed by atoms with Gasteiger partial charge in [0, 0.05) is 34.1 Å². The standard InChI is InChI=1S/C12H12N4O/c1-8-12(11(17)7-14-15-13)9-5-3-4-6-10(9)16(8)2/h3-6H,7H2,1-2H3. The molecule has 0 saturated heterocycles. The molecule has 1 aromatic carbocycles. The maximum absolute atomic E-state index is 12.0. The number of hydrogen-bond donors (Lipinski definition) is 0. The number of fused-ring (bicyclic) bond motifs is 1. The van der Waals surface area contributed by atoms with Gasteiger partial charge in [-0.2, -0.15) is 0 Å². The minimum Gasteiger partial charge on any atom is -0.347 e. The first-order chi connectivity index (χ1) is 8.16. The van der Waals surface area contributed by atoms with Gasteiger partial charge in [0.25, 0.3) is 0 Å². The van der Waals surface area contributed by atoms with Gasteiger partial charge in [0.2, 0.25) is 0 Å². The summed E-state index contributed by atoms with van der Waals surface area (Å²) in [5, 5.41) is 4.24. The molecule has 0 amide bonds. The van der Waals surface area contributed by atoms with Crippen molar-refractivity contribution in [1.82, 2.24) is 4.57 Å². The molecule has 5 heteroatoms. The second-order valence-electron chi connectivity index (χ2n) is 3.85. The Morgan fingerprint density at radius 3 is 2.88 bits per heavy atom. The summed E-state index contributed by atoms with van der Waals surface area (Å²) in [5.74, 6) is -0.142. The number of ketones is 1. The summed E-state index contributed by atoms with van der Waals surface area (Å²) in [6.45, 7) is 1.76. The third-order valence-corrected chi connectivity index (χ3v) is 2.96. The Labute approximate surface area is 98.3 Å². The molecule has 0 saturated carbocycles. The van der Waals surface area contributed by atoms with Crippen molar-refractivity contribution in [2.75, 3.05) is 6.54 Å². The number of benzene rings is 1. The molecule has 1 heterocycles. The number of nitrogens with zero attached hydrogens (tertiary/aromatic N) is 4. The molecule has 1 aromatic heterocycles. The minimum atomic E-state index is -0.142. The van der Waals surface area contributed by atoms with Crippen LogP contribution >= 0.6 is 0 Å². The van der Waals surface area contributed by atoms with Crippen LogP contribution in [0.4, 0.5) is 0 Å². The highest BCUT2D eigenvalue weighted by atomic mass is 16.1. The summed E-state index contributed by atoms with van der Waals surface area (Å²) in [6, 6.07) is 7.70. The Hall–Kier alpha value is -2.26. The van der Waals surface area contributed by atoms with Crippen LogP contribution in [0, 0.1) is 6.92 Å². The van der Waals surface area contributed by atoms with Crippen molar-refractivity contribution < 1.29 is 4.79 Å². The Bertz CT molecular complexity index is 635. The zero-order chi connectivity index (χ0) is 12.4. The fourth-order valence-electron chi connectivity index (χ4n) is 2.05. The number of hydrogen-bond acceptors (Lipinski definition) is 2. The van der Waals surface area contributed by atoms with Crippen LogP contribution in [-0.2, 0) is 7.05 Å². The third kappa shape index (κ3) is 1.77. The molecule has 0 aliphatic heterocycles. The maximum Gasteiger partial charge on any atom is 0.171 e. The number of Topliss-reactive ketones (excluding diaryl/α,β-unsaturated/α-hetero) is 1. The van der Waals surface area contributed by atoms with Crippen LogP contribution in [0.25, 0.3) is 21.3 Å². The molecular formula is C12H12N4O. The molecule has 0 bridgehead atoms. The van der Waals surface area contributed by atoms with Crippen molar-refractivity contribution in [3.05, 3.63) is 46.0 Å². The van der Waals surface area contributed by atoms with Crippen LogP contribution in [0.3, 0.4) is 0 Å². The van der Waals surface area contributed by atoms with E-state index in [0.717, 1.165) is 16.6 Å². The van der Waals surface area contributed by atoms with E-state index in [1.54, 1.807) is 0 Å². The normalized spacial score (nSPS) is 10.2. The highest BCUT2D eigenvalue weighted by molar-refractivity contribution is 6.10. The zero-order valence-electron chi connectivity index (χ0n) is 9.71. The lowest BCUT2D eigenvalue weighted by atomic mass is 10.1. The van der Waals surface area contributed by atoms with Crippen LogP contribution in [0.5, 0.6) is 0 Å². The number of carbonyl (C=O) groups excluding carboxylic acids is 1.